The van der Waals surface area contributed by atoms with Crippen molar-refractivity contribution in [3.8, 4) is 0 Å². The highest BCUT2D eigenvalue weighted by molar-refractivity contribution is 8.16. The Hall–Kier alpha value is -0.970. The van der Waals surface area contributed by atoms with E-state index in [1.165, 1.54) is 0 Å². The van der Waals surface area contributed by atoms with Gasteiger partial charge in [-0.3, -0.25) is 4.99 Å². The first-order valence-corrected chi connectivity index (χ1v) is 6.61. The zero-order chi connectivity index (χ0) is 11.8. The molecule has 17 heavy (non-hydrogen) atoms. The predicted molar refractivity (Wildman–Crippen MR) is 71.1 cm³/mol. The van der Waals surface area contributed by atoms with Gasteiger partial charge in [-0.15, -0.1) is 0 Å². The quantitative estimate of drug-likeness (QED) is 0.894. The highest BCUT2D eigenvalue weighted by atomic mass is 35.5. The number of amidine groups is 1. The second kappa shape index (κ2) is 4.37. The predicted octanol–water partition coefficient (Wildman–Crippen LogP) is 2.63. The number of halogens is 1. The summed E-state index contributed by atoms with van der Waals surface area (Å²) in [5.74, 6) is 0. The van der Waals surface area contributed by atoms with Gasteiger partial charge in [-0.05, 0) is 23.1 Å². The Morgan fingerprint density at radius 2 is 2.12 bits per heavy atom. The second-order valence-electron chi connectivity index (χ2n) is 3.97. The molecule has 1 N–H and O–H groups in total. The number of nitrogens with zero attached hydrogens (tertiary/aromatic N) is 2. The van der Waals surface area contributed by atoms with Crippen LogP contribution in [-0.4, -0.2) is 27.8 Å². The van der Waals surface area contributed by atoms with Crippen LogP contribution >= 0.6 is 23.4 Å². The van der Waals surface area contributed by atoms with E-state index < -0.39 is 0 Å². The first-order chi connectivity index (χ1) is 8.29. The average Bonchev–Trinajstić information content (AvgIpc) is 2.89. The summed E-state index contributed by atoms with van der Waals surface area (Å²) in [4.78, 5) is 6.67. The lowest BCUT2D eigenvalue weighted by Gasteiger charge is -2.22. The van der Waals surface area contributed by atoms with Gasteiger partial charge in [0.05, 0.1) is 12.6 Å². The molecule has 2 aliphatic heterocycles. The molecule has 0 amide bonds. The molecular weight excluding hydrogens is 256 g/mol. The highest BCUT2D eigenvalue weighted by Gasteiger charge is 2.37. The molecule has 0 aromatic heterocycles. The average molecular weight is 267 g/mol. The lowest BCUT2D eigenvalue weighted by atomic mass is 10.0. The van der Waals surface area contributed by atoms with E-state index >= 15 is 0 Å². The van der Waals surface area contributed by atoms with E-state index in [0.29, 0.717) is 0 Å². The minimum Gasteiger partial charge on any atom is -0.394 e. The Morgan fingerprint density at radius 1 is 1.35 bits per heavy atom. The SMILES string of the molecule is OCC1C(c2ccc(Cl)cc2)N=C2SC=CN21. The van der Waals surface area contributed by atoms with Gasteiger partial charge in [0.15, 0.2) is 5.17 Å². The summed E-state index contributed by atoms with van der Waals surface area (Å²) < 4.78 is 0. The summed E-state index contributed by atoms with van der Waals surface area (Å²) >= 11 is 7.47. The number of benzene rings is 1. The molecular formula is C12H11ClN2OS. The molecule has 3 nitrogen and oxygen atoms in total. The van der Waals surface area contributed by atoms with Crippen LogP contribution in [0.3, 0.4) is 0 Å². The monoisotopic (exact) mass is 266 g/mol. The van der Waals surface area contributed by atoms with Gasteiger partial charge in [0.2, 0.25) is 0 Å². The molecule has 0 aliphatic carbocycles. The topological polar surface area (TPSA) is 35.8 Å². The molecule has 0 fully saturated rings. The van der Waals surface area contributed by atoms with Crippen LogP contribution in [0, 0.1) is 0 Å². The molecule has 1 aromatic rings. The van der Waals surface area contributed by atoms with E-state index in [1.807, 2.05) is 40.8 Å². The number of aliphatic imine (C=N–C) groups is 1. The van der Waals surface area contributed by atoms with Crippen LogP contribution in [0.4, 0.5) is 0 Å². The van der Waals surface area contributed by atoms with Crippen molar-refractivity contribution >= 4 is 28.5 Å². The second-order valence-corrected chi connectivity index (χ2v) is 5.28. The van der Waals surface area contributed by atoms with Gasteiger partial charge in [-0.2, -0.15) is 0 Å². The minimum absolute atomic E-state index is 0.00238. The van der Waals surface area contributed by atoms with Gasteiger partial charge in [0, 0.05) is 11.2 Å². The third kappa shape index (κ3) is 1.86. The minimum atomic E-state index is -0.00952. The number of hydrogen-bond acceptors (Lipinski definition) is 4. The van der Waals surface area contributed by atoms with E-state index in [4.69, 9.17) is 11.6 Å². The van der Waals surface area contributed by atoms with Gasteiger partial charge in [0.25, 0.3) is 0 Å². The van der Waals surface area contributed by atoms with Crippen molar-refractivity contribution in [2.24, 2.45) is 4.99 Å². The number of aliphatic hydroxyl groups excluding tert-OH is 1. The van der Waals surface area contributed by atoms with Crippen LogP contribution < -0.4 is 0 Å². The largest absolute Gasteiger partial charge is 0.394 e. The fourth-order valence-corrected chi connectivity index (χ4v) is 3.06. The Balaban J connectivity index is 1.93. The lowest BCUT2D eigenvalue weighted by Crippen LogP contribution is -2.33. The molecule has 0 spiro atoms. The number of rotatable bonds is 2. The molecule has 0 saturated heterocycles. The number of fused-ring (bicyclic) bond motifs is 1. The Morgan fingerprint density at radius 3 is 2.82 bits per heavy atom. The normalized spacial score (nSPS) is 26.2. The molecule has 0 bridgehead atoms. The van der Waals surface area contributed by atoms with Crippen LogP contribution in [-0.2, 0) is 0 Å². The van der Waals surface area contributed by atoms with Crippen molar-refractivity contribution in [3.63, 3.8) is 0 Å². The third-order valence-corrected chi connectivity index (χ3v) is 4.02. The van der Waals surface area contributed by atoms with Crippen LogP contribution in [0.25, 0.3) is 0 Å². The summed E-state index contributed by atoms with van der Waals surface area (Å²) in [5, 5.41) is 13.2. The maximum Gasteiger partial charge on any atom is 0.168 e. The molecule has 5 heteroatoms. The molecule has 2 unspecified atom stereocenters. The molecule has 0 saturated carbocycles. The molecule has 2 aliphatic rings. The number of aliphatic hydroxyl groups is 1. The van der Waals surface area contributed by atoms with Gasteiger partial charge < -0.3 is 10.0 Å². The summed E-state index contributed by atoms with van der Waals surface area (Å²) in [6.45, 7) is 0.0885. The summed E-state index contributed by atoms with van der Waals surface area (Å²) in [7, 11) is 0. The van der Waals surface area contributed by atoms with Crippen LogP contribution in [0.5, 0.6) is 0 Å². The van der Waals surface area contributed by atoms with Crippen molar-refractivity contribution in [3.05, 3.63) is 46.5 Å². The van der Waals surface area contributed by atoms with E-state index in [2.05, 4.69) is 4.99 Å². The standard InChI is InChI=1S/C12H11ClN2OS/c13-9-3-1-8(2-4-9)11-10(7-16)15-5-6-17-12(15)14-11/h1-6,10-11,16H,7H2. The van der Waals surface area contributed by atoms with Crippen LogP contribution in [0.2, 0.25) is 5.02 Å². The zero-order valence-electron chi connectivity index (χ0n) is 8.95. The Kier molecular flexibility index (Phi) is 2.86. The summed E-state index contributed by atoms with van der Waals surface area (Å²) in [6, 6.07) is 7.64. The van der Waals surface area contributed by atoms with E-state index in [9.17, 15) is 5.11 Å². The van der Waals surface area contributed by atoms with Crippen molar-refractivity contribution < 1.29 is 5.11 Å². The van der Waals surface area contributed by atoms with Crippen molar-refractivity contribution in [2.45, 2.75) is 12.1 Å². The zero-order valence-corrected chi connectivity index (χ0v) is 10.5. The summed E-state index contributed by atoms with van der Waals surface area (Å²) in [6.07, 6.45) is 1.97. The molecule has 3 rings (SSSR count). The first-order valence-electron chi connectivity index (χ1n) is 5.35. The van der Waals surface area contributed by atoms with Crippen molar-refractivity contribution in [2.75, 3.05) is 6.61 Å². The van der Waals surface area contributed by atoms with E-state index in [1.54, 1.807) is 11.8 Å². The lowest BCUT2D eigenvalue weighted by molar-refractivity contribution is 0.202. The Bertz CT molecular complexity index is 486. The first kappa shape index (κ1) is 11.1. The fraction of sp³-hybridized carbons (Fsp3) is 0.250. The molecule has 88 valence electrons. The fourth-order valence-electron chi connectivity index (χ4n) is 2.13. The van der Waals surface area contributed by atoms with Crippen LogP contribution in [0.15, 0.2) is 40.9 Å². The number of thioether (sulfide) groups is 1. The molecule has 1 aromatic carbocycles. The van der Waals surface area contributed by atoms with Crippen molar-refractivity contribution in [1.29, 1.82) is 0 Å². The maximum absolute atomic E-state index is 9.52. The Labute approximate surface area is 109 Å². The van der Waals surface area contributed by atoms with Gasteiger partial charge in [0.1, 0.15) is 6.04 Å². The van der Waals surface area contributed by atoms with E-state index in [0.717, 1.165) is 15.8 Å². The van der Waals surface area contributed by atoms with Crippen LogP contribution in [0.1, 0.15) is 11.6 Å². The molecule has 0 radical (unpaired) electrons. The van der Waals surface area contributed by atoms with Gasteiger partial charge in [-0.1, -0.05) is 35.5 Å². The third-order valence-electron chi connectivity index (χ3n) is 2.99. The van der Waals surface area contributed by atoms with Gasteiger partial charge >= 0.3 is 0 Å². The summed E-state index contributed by atoms with van der Waals surface area (Å²) in [5.41, 5.74) is 1.09. The molecule has 2 atom stereocenters. The van der Waals surface area contributed by atoms with Gasteiger partial charge in [-0.25, -0.2) is 0 Å². The maximum atomic E-state index is 9.52. The van der Waals surface area contributed by atoms with E-state index in [-0.39, 0.29) is 18.7 Å². The molecule has 2 heterocycles. The smallest absolute Gasteiger partial charge is 0.168 e. The number of hydrogen-bond donors (Lipinski definition) is 1. The van der Waals surface area contributed by atoms with Crippen molar-refractivity contribution in [1.82, 2.24) is 4.90 Å². The highest BCUT2D eigenvalue weighted by Crippen LogP contribution is 2.38.